The second-order valence-electron chi connectivity index (χ2n) is 5.67. The molecule has 3 rings (SSSR count). The van der Waals surface area contributed by atoms with Gasteiger partial charge in [0.2, 0.25) is 5.91 Å². The Kier molecular flexibility index (Phi) is 4.16. The van der Waals surface area contributed by atoms with Crippen LogP contribution in [0.2, 0.25) is 0 Å². The summed E-state index contributed by atoms with van der Waals surface area (Å²) in [6.07, 6.45) is 6.12. The van der Waals surface area contributed by atoms with Crippen molar-refractivity contribution in [1.29, 1.82) is 0 Å². The summed E-state index contributed by atoms with van der Waals surface area (Å²) in [5, 5.41) is 0. The molecule has 1 saturated heterocycles. The average Bonchev–Trinajstić information content (AvgIpc) is 3.02. The summed E-state index contributed by atoms with van der Waals surface area (Å²) in [4.78, 5) is 14.9. The Morgan fingerprint density at radius 3 is 2.60 bits per heavy atom. The third-order valence-corrected chi connectivity index (χ3v) is 5.25. The zero-order chi connectivity index (χ0) is 13.9. The molecule has 1 fully saturated rings. The molecule has 0 saturated carbocycles. The van der Waals surface area contributed by atoms with Crippen molar-refractivity contribution in [1.82, 2.24) is 4.90 Å². The monoisotopic (exact) mass is 287 g/mol. The van der Waals surface area contributed by atoms with Crippen LogP contribution in [0.1, 0.15) is 30.0 Å². The average molecular weight is 287 g/mol. The van der Waals surface area contributed by atoms with E-state index in [0.717, 1.165) is 30.9 Å². The molecule has 1 aliphatic heterocycles. The molecular formula is C17H21NOS. The van der Waals surface area contributed by atoms with Crippen LogP contribution in [0.15, 0.2) is 36.4 Å². The number of hydrogen-bond acceptors (Lipinski definition) is 2. The highest BCUT2D eigenvalue weighted by molar-refractivity contribution is 7.99. The van der Waals surface area contributed by atoms with Crippen LogP contribution < -0.4 is 0 Å². The Morgan fingerprint density at radius 1 is 1.20 bits per heavy atom. The maximum Gasteiger partial charge on any atom is 0.226 e. The van der Waals surface area contributed by atoms with Crippen LogP contribution in [-0.2, 0) is 4.79 Å². The molecule has 1 aliphatic carbocycles. The Hall–Kier alpha value is -1.22. The molecule has 2 aliphatic rings. The van der Waals surface area contributed by atoms with Crippen LogP contribution in [0, 0.1) is 12.8 Å². The van der Waals surface area contributed by atoms with Crippen LogP contribution in [0.4, 0.5) is 0 Å². The molecule has 3 heteroatoms. The van der Waals surface area contributed by atoms with E-state index in [1.165, 1.54) is 11.1 Å². The molecule has 0 N–H and O–H groups in total. The molecule has 1 aromatic rings. The topological polar surface area (TPSA) is 20.3 Å². The van der Waals surface area contributed by atoms with E-state index in [0.29, 0.717) is 5.91 Å². The van der Waals surface area contributed by atoms with Gasteiger partial charge in [0, 0.05) is 24.0 Å². The van der Waals surface area contributed by atoms with Crippen molar-refractivity contribution in [3.8, 4) is 0 Å². The first-order valence-electron chi connectivity index (χ1n) is 7.35. The van der Waals surface area contributed by atoms with Gasteiger partial charge < -0.3 is 4.90 Å². The fourth-order valence-electron chi connectivity index (χ4n) is 2.99. The molecule has 20 heavy (non-hydrogen) atoms. The largest absolute Gasteiger partial charge is 0.334 e. The standard InChI is InChI=1S/C17H21NOS/c1-13-6-8-14(9-7-13)16-12-20-11-10-18(16)17(19)15-4-2-3-5-15/h2-3,6-9,15-16H,4-5,10-12H2,1H3. The lowest BCUT2D eigenvalue weighted by Crippen LogP contribution is -2.43. The normalized spacial score (nSPS) is 23.2. The first kappa shape index (κ1) is 13.7. The van der Waals surface area contributed by atoms with Crippen molar-refractivity contribution in [2.24, 2.45) is 5.92 Å². The number of amides is 1. The van der Waals surface area contributed by atoms with Crippen molar-refractivity contribution in [2.45, 2.75) is 25.8 Å². The first-order chi connectivity index (χ1) is 9.75. The Bertz CT molecular complexity index is 500. The van der Waals surface area contributed by atoms with Gasteiger partial charge >= 0.3 is 0 Å². The summed E-state index contributed by atoms with van der Waals surface area (Å²) >= 11 is 1.96. The van der Waals surface area contributed by atoms with E-state index >= 15 is 0 Å². The highest BCUT2D eigenvalue weighted by Gasteiger charge is 2.32. The van der Waals surface area contributed by atoms with Crippen LogP contribution in [0.25, 0.3) is 0 Å². The summed E-state index contributed by atoms with van der Waals surface area (Å²) in [6.45, 7) is 2.99. The predicted octanol–water partition coefficient (Wildman–Crippen LogP) is 3.58. The van der Waals surface area contributed by atoms with Crippen molar-refractivity contribution >= 4 is 17.7 Å². The van der Waals surface area contributed by atoms with Gasteiger partial charge in [0.15, 0.2) is 0 Å². The van der Waals surface area contributed by atoms with E-state index in [9.17, 15) is 4.79 Å². The second-order valence-corrected chi connectivity index (χ2v) is 6.82. The summed E-state index contributed by atoms with van der Waals surface area (Å²) in [5.41, 5.74) is 2.55. The molecule has 0 spiro atoms. The smallest absolute Gasteiger partial charge is 0.226 e. The number of rotatable bonds is 2. The molecule has 1 aromatic carbocycles. The van der Waals surface area contributed by atoms with Gasteiger partial charge in [0.1, 0.15) is 0 Å². The SMILES string of the molecule is Cc1ccc(C2CSCCN2C(=O)C2CC=CC2)cc1. The third-order valence-electron chi connectivity index (χ3n) is 4.23. The number of nitrogens with zero attached hydrogens (tertiary/aromatic N) is 1. The highest BCUT2D eigenvalue weighted by Crippen LogP contribution is 2.32. The first-order valence-corrected chi connectivity index (χ1v) is 8.51. The third kappa shape index (κ3) is 2.78. The minimum Gasteiger partial charge on any atom is -0.334 e. The molecule has 1 heterocycles. The van der Waals surface area contributed by atoms with Gasteiger partial charge in [0.25, 0.3) is 0 Å². The molecule has 1 atom stereocenters. The van der Waals surface area contributed by atoms with Crippen molar-refractivity contribution in [2.75, 3.05) is 18.1 Å². The van der Waals surface area contributed by atoms with Crippen LogP contribution in [0.5, 0.6) is 0 Å². The molecular weight excluding hydrogens is 266 g/mol. The van der Waals surface area contributed by atoms with E-state index in [-0.39, 0.29) is 12.0 Å². The van der Waals surface area contributed by atoms with Gasteiger partial charge in [-0.2, -0.15) is 11.8 Å². The summed E-state index contributed by atoms with van der Waals surface area (Å²) in [6, 6.07) is 8.91. The lowest BCUT2D eigenvalue weighted by atomic mass is 10.0. The van der Waals surface area contributed by atoms with E-state index in [4.69, 9.17) is 0 Å². The van der Waals surface area contributed by atoms with Crippen LogP contribution in [-0.4, -0.2) is 28.9 Å². The van der Waals surface area contributed by atoms with E-state index in [1.807, 2.05) is 11.8 Å². The minimum absolute atomic E-state index is 0.186. The van der Waals surface area contributed by atoms with Gasteiger partial charge in [-0.25, -0.2) is 0 Å². The lowest BCUT2D eigenvalue weighted by molar-refractivity contribution is -0.137. The number of thioether (sulfide) groups is 1. The van der Waals surface area contributed by atoms with Crippen molar-refractivity contribution in [3.63, 3.8) is 0 Å². The molecule has 1 unspecified atom stereocenters. The van der Waals surface area contributed by atoms with Gasteiger partial charge in [-0.05, 0) is 25.3 Å². The summed E-state index contributed by atoms with van der Waals surface area (Å²) in [5.74, 6) is 2.62. The van der Waals surface area contributed by atoms with Crippen molar-refractivity contribution in [3.05, 3.63) is 47.5 Å². The molecule has 106 valence electrons. The predicted molar refractivity (Wildman–Crippen MR) is 84.8 cm³/mol. The molecule has 2 nitrogen and oxygen atoms in total. The number of carbonyl (C=O) groups excluding carboxylic acids is 1. The maximum absolute atomic E-state index is 12.7. The fourth-order valence-corrected chi connectivity index (χ4v) is 4.07. The van der Waals surface area contributed by atoms with E-state index < -0.39 is 0 Å². The van der Waals surface area contributed by atoms with E-state index in [1.54, 1.807) is 0 Å². The number of hydrogen-bond donors (Lipinski definition) is 0. The molecule has 1 amide bonds. The number of benzene rings is 1. The Labute approximate surface area is 125 Å². The number of aryl methyl sites for hydroxylation is 1. The van der Waals surface area contributed by atoms with Gasteiger partial charge in [-0.3, -0.25) is 4.79 Å². The Balaban J connectivity index is 1.79. The lowest BCUT2D eigenvalue weighted by Gasteiger charge is -2.37. The number of carbonyl (C=O) groups is 1. The summed E-state index contributed by atoms with van der Waals surface area (Å²) in [7, 11) is 0. The van der Waals surface area contributed by atoms with Gasteiger partial charge in [-0.15, -0.1) is 0 Å². The zero-order valence-corrected chi connectivity index (χ0v) is 12.7. The Morgan fingerprint density at radius 2 is 1.90 bits per heavy atom. The van der Waals surface area contributed by atoms with Crippen molar-refractivity contribution < 1.29 is 4.79 Å². The van der Waals surface area contributed by atoms with Crippen LogP contribution in [0.3, 0.4) is 0 Å². The van der Waals surface area contributed by atoms with Gasteiger partial charge in [0.05, 0.1) is 6.04 Å². The molecule has 0 bridgehead atoms. The van der Waals surface area contributed by atoms with Crippen LogP contribution >= 0.6 is 11.8 Å². The summed E-state index contributed by atoms with van der Waals surface area (Å²) < 4.78 is 0. The molecule has 0 radical (unpaired) electrons. The quantitative estimate of drug-likeness (QED) is 0.775. The highest BCUT2D eigenvalue weighted by atomic mass is 32.2. The van der Waals surface area contributed by atoms with E-state index in [2.05, 4.69) is 48.2 Å². The molecule has 0 aromatic heterocycles. The minimum atomic E-state index is 0.186. The maximum atomic E-state index is 12.7. The number of allylic oxidation sites excluding steroid dienone is 2. The second kappa shape index (κ2) is 6.04. The van der Waals surface area contributed by atoms with Gasteiger partial charge in [-0.1, -0.05) is 42.0 Å². The fraction of sp³-hybridized carbons (Fsp3) is 0.471. The zero-order valence-electron chi connectivity index (χ0n) is 11.9.